The van der Waals surface area contributed by atoms with Crippen molar-refractivity contribution in [2.24, 2.45) is 0 Å². The average Bonchev–Trinajstić information content (AvgIpc) is 2.47. The van der Waals surface area contributed by atoms with Crippen LogP contribution in [0.5, 0.6) is 0 Å². The van der Waals surface area contributed by atoms with Crippen LogP contribution in [0, 0.1) is 6.08 Å². The van der Waals surface area contributed by atoms with Crippen LogP contribution in [0.2, 0.25) is 0 Å². The van der Waals surface area contributed by atoms with Gasteiger partial charge in [-0.15, -0.1) is 0 Å². The minimum absolute atomic E-state index is 0.343. The first-order valence-electron chi connectivity index (χ1n) is 3.42. The van der Waals surface area contributed by atoms with Crippen molar-refractivity contribution < 1.29 is 17.6 Å². The molecular weight excluding hydrogens is 204 g/mol. The largest absolute Gasteiger partial charge is 0.435 e. The zero-order chi connectivity index (χ0) is 10.3. The van der Waals surface area contributed by atoms with Crippen molar-refractivity contribution in [1.29, 1.82) is 0 Å². The van der Waals surface area contributed by atoms with Crippen LogP contribution >= 0.6 is 0 Å². The molecule has 1 N–H and O–H groups in total. The Balaban J connectivity index is 2.80. The minimum atomic E-state index is -4.73. The lowest BCUT2D eigenvalue weighted by Crippen LogP contribution is -2.11. The Kier molecular flexibility index (Phi) is 1.66. The summed E-state index contributed by atoms with van der Waals surface area (Å²) in [7, 11) is 0. The van der Waals surface area contributed by atoms with Gasteiger partial charge in [-0.1, -0.05) is 0 Å². The Morgan fingerprint density at radius 3 is 2.57 bits per heavy atom. The third-order valence-corrected chi connectivity index (χ3v) is 1.53. The molecule has 4 nitrogen and oxygen atoms in total. The maximum Gasteiger partial charge on any atom is 0.435 e. The zero-order valence-corrected chi connectivity index (χ0v) is 6.43. The van der Waals surface area contributed by atoms with Crippen molar-refractivity contribution >= 4 is 11.2 Å². The fraction of sp³-hybridized carbons (Fsp3) is 0.167. The van der Waals surface area contributed by atoms with Crippen LogP contribution in [0.1, 0.15) is 5.69 Å². The van der Waals surface area contributed by atoms with Crippen molar-refractivity contribution in [1.82, 2.24) is 19.9 Å². The van der Waals surface area contributed by atoms with E-state index >= 15 is 0 Å². The average molecular weight is 206 g/mol. The first kappa shape index (κ1) is 8.85. The number of hydrogen-bond acceptors (Lipinski definition) is 3. The van der Waals surface area contributed by atoms with Gasteiger partial charge in [-0.3, -0.25) is 0 Å². The molecular formula is C6H2F4N4. The minimum Gasteiger partial charge on any atom is -0.341 e. The summed E-state index contributed by atoms with van der Waals surface area (Å²) in [6.45, 7) is 0. The van der Waals surface area contributed by atoms with E-state index in [4.69, 9.17) is 0 Å². The molecule has 74 valence electrons. The SMILES string of the molecule is Fc1nc(C(F)(F)F)c2[nH]cnc2n1. The second kappa shape index (κ2) is 2.63. The van der Waals surface area contributed by atoms with Crippen molar-refractivity contribution in [3.8, 4) is 0 Å². The van der Waals surface area contributed by atoms with E-state index in [0.717, 1.165) is 6.33 Å². The van der Waals surface area contributed by atoms with Crippen LogP contribution in [0.15, 0.2) is 6.33 Å². The lowest BCUT2D eigenvalue weighted by atomic mass is 10.3. The van der Waals surface area contributed by atoms with Gasteiger partial charge in [-0.05, 0) is 0 Å². The van der Waals surface area contributed by atoms with E-state index in [-0.39, 0.29) is 5.65 Å². The van der Waals surface area contributed by atoms with Crippen LogP contribution in [-0.4, -0.2) is 19.9 Å². The van der Waals surface area contributed by atoms with Crippen molar-refractivity contribution in [3.63, 3.8) is 0 Å². The lowest BCUT2D eigenvalue weighted by molar-refractivity contribution is -0.140. The highest BCUT2D eigenvalue weighted by molar-refractivity contribution is 5.72. The summed E-state index contributed by atoms with van der Waals surface area (Å²) < 4.78 is 49.3. The van der Waals surface area contributed by atoms with E-state index in [2.05, 4.69) is 19.9 Å². The van der Waals surface area contributed by atoms with Gasteiger partial charge in [0, 0.05) is 0 Å². The summed E-state index contributed by atoms with van der Waals surface area (Å²) >= 11 is 0. The Morgan fingerprint density at radius 2 is 1.93 bits per heavy atom. The van der Waals surface area contributed by atoms with E-state index in [1.54, 1.807) is 0 Å². The van der Waals surface area contributed by atoms with Gasteiger partial charge in [0.2, 0.25) is 0 Å². The van der Waals surface area contributed by atoms with Crippen LogP contribution in [0.25, 0.3) is 11.2 Å². The quantitative estimate of drug-likeness (QED) is 0.525. The summed E-state index contributed by atoms with van der Waals surface area (Å²) in [5, 5.41) is 0. The molecule has 0 saturated heterocycles. The molecule has 0 amide bonds. The topological polar surface area (TPSA) is 54.5 Å². The van der Waals surface area contributed by atoms with E-state index in [1.807, 2.05) is 0 Å². The van der Waals surface area contributed by atoms with Gasteiger partial charge in [0.1, 0.15) is 5.52 Å². The standard InChI is InChI=1S/C6H2F4N4/c7-5-13-3(6(8,9)10)2-4(14-5)12-1-11-2/h1H,(H,11,12,13,14). The number of aromatic amines is 1. The molecule has 0 aliphatic carbocycles. The number of H-pyrrole nitrogens is 1. The molecule has 0 saturated carbocycles. The fourth-order valence-corrected chi connectivity index (χ4v) is 1.01. The predicted molar refractivity (Wildman–Crippen MR) is 36.6 cm³/mol. The number of nitrogens with one attached hydrogen (secondary N) is 1. The van der Waals surface area contributed by atoms with Gasteiger partial charge in [-0.2, -0.15) is 27.5 Å². The molecule has 14 heavy (non-hydrogen) atoms. The normalized spacial score (nSPS) is 12.3. The molecule has 0 aliphatic heterocycles. The summed E-state index contributed by atoms with van der Waals surface area (Å²) in [5.74, 6) is 0. The maximum atomic E-state index is 12.5. The second-order valence-electron chi connectivity index (χ2n) is 2.44. The smallest absolute Gasteiger partial charge is 0.341 e. The van der Waals surface area contributed by atoms with Gasteiger partial charge in [0.25, 0.3) is 0 Å². The second-order valence-corrected chi connectivity index (χ2v) is 2.44. The maximum absolute atomic E-state index is 12.5. The number of imidazole rings is 1. The predicted octanol–water partition coefficient (Wildman–Crippen LogP) is 1.51. The third kappa shape index (κ3) is 1.28. The van der Waals surface area contributed by atoms with Gasteiger partial charge >= 0.3 is 12.3 Å². The van der Waals surface area contributed by atoms with Gasteiger partial charge in [-0.25, -0.2) is 4.98 Å². The van der Waals surface area contributed by atoms with Crippen LogP contribution in [-0.2, 0) is 6.18 Å². The molecule has 0 fully saturated rings. The molecule has 2 heterocycles. The number of fused-ring (bicyclic) bond motifs is 1. The first-order valence-corrected chi connectivity index (χ1v) is 3.42. The van der Waals surface area contributed by atoms with Crippen LogP contribution in [0.3, 0.4) is 0 Å². The molecule has 0 spiro atoms. The summed E-state index contributed by atoms with van der Waals surface area (Å²) in [6, 6.07) is 0. The molecule has 0 atom stereocenters. The molecule has 2 rings (SSSR count). The van der Waals surface area contributed by atoms with Crippen LogP contribution in [0.4, 0.5) is 17.6 Å². The zero-order valence-electron chi connectivity index (χ0n) is 6.43. The highest BCUT2D eigenvalue weighted by Crippen LogP contribution is 2.31. The number of halogens is 4. The fourth-order valence-electron chi connectivity index (χ4n) is 1.01. The van der Waals surface area contributed by atoms with E-state index in [9.17, 15) is 17.6 Å². The Morgan fingerprint density at radius 1 is 1.21 bits per heavy atom. The number of aromatic nitrogens is 4. The van der Waals surface area contributed by atoms with Crippen LogP contribution < -0.4 is 0 Å². The van der Waals surface area contributed by atoms with Crippen molar-refractivity contribution in [2.75, 3.05) is 0 Å². The molecule has 0 aliphatic rings. The monoisotopic (exact) mass is 206 g/mol. The molecule has 8 heteroatoms. The molecule has 2 aromatic rings. The summed E-state index contributed by atoms with van der Waals surface area (Å²) in [6.07, 6.45) is -5.18. The highest BCUT2D eigenvalue weighted by Gasteiger charge is 2.36. The highest BCUT2D eigenvalue weighted by atomic mass is 19.4. The Bertz CT molecular complexity index is 474. The summed E-state index contributed by atoms with van der Waals surface area (Å²) in [5.41, 5.74) is -2.11. The summed E-state index contributed by atoms with van der Waals surface area (Å²) in [4.78, 5) is 11.4. The Labute approximate surface area is 74.0 Å². The molecule has 0 unspecified atom stereocenters. The van der Waals surface area contributed by atoms with Gasteiger partial charge in [0.15, 0.2) is 11.3 Å². The van der Waals surface area contributed by atoms with E-state index in [0.29, 0.717) is 0 Å². The number of nitrogens with zero attached hydrogens (tertiary/aromatic N) is 3. The van der Waals surface area contributed by atoms with Gasteiger partial charge < -0.3 is 4.98 Å². The number of hydrogen-bond donors (Lipinski definition) is 1. The van der Waals surface area contributed by atoms with E-state index < -0.39 is 23.5 Å². The Hall–Kier alpha value is -1.73. The third-order valence-electron chi connectivity index (χ3n) is 1.53. The molecule has 0 aromatic carbocycles. The molecule has 0 bridgehead atoms. The van der Waals surface area contributed by atoms with Crippen molar-refractivity contribution in [3.05, 3.63) is 18.1 Å². The molecule has 0 radical (unpaired) electrons. The number of alkyl halides is 3. The van der Waals surface area contributed by atoms with Crippen molar-refractivity contribution in [2.45, 2.75) is 6.18 Å². The van der Waals surface area contributed by atoms with Gasteiger partial charge in [0.05, 0.1) is 6.33 Å². The first-order chi connectivity index (χ1) is 6.48. The van der Waals surface area contributed by atoms with E-state index in [1.165, 1.54) is 0 Å². The number of rotatable bonds is 0. The molecule has 2 aromatic heterocycles. The lowest BCUT2D eigenvalue weighted by Gasteiger charge is -2.05.